The van der Waals surface area contributed by atoms with Gasteiger partial charge >= 0.3 is 11.9 Å². The Morgan fingerprint density at radius 3 is 2.24 bits per heavy atom. The van der Waals surface area contributed by atoms with Gasteiger partial charge in [-0.25, -0.2) is 9.59 Å². The van der Waals surface area contributed by atoms with Crippen molar-refractivity contribution in [2.75, 3.05) is 13.2 Å². The first-order chi connectivity index (χ1) is 16.2. The van der Waals surface area contributed by atoms with Gasteiger partial charge in [0.05, 0.1) is 24.6 Å². The maximum Gasteiger partial charge on any atom is 0.349 e. The van der Waals surface area contributed by atoms with Crippen LogP contribution in [0.15, 0.2) is 53.5 Å². The lowest BCUT2D eigenvalue weighted by Gasteiger charge is -2.30. The summed E-state index contributed by atoms with van der Waals surface area (Å²) in [6, 6.07) is 12.4. The number of nitrogens with zero attached hydrogens (tertiary/aromatic N) is 1. The van der Waals surface area contributed by atoms with Crippen LogP contribution < -0.4 is 5.32 Å². The third kappa shape index (κ3) is 5.00. The molecule has 0 atom stereocenters. The summed E-state index contributed by atoms with van der Waals surface area (Å²) in [6.07, 6.45) is 1.83. The fraction of sp³-hybridized carbons (Fsp3) is 0.280. The number of fused-ring (bicyclic) bond motifs is 1. The van der Waals surface area contributed by atoms with Crippen molar-refractivity contribution in [3.05, 3.63) is 69.7 Å². The van der Waals surface area contributed by atoms with E-state index in [1.165, 1.54) is 6.92 Å². The summed E-state index contributed by atoms with van der Waals surface area (Å²) in [4.78, 5) is 43.3. The van der Waals surface area contributed by atoms with Crippen LogP contribution >= 0.6 is 23.2 Å². The lowest BCUT2D eigenvalue weighted by molar-refractivity contribution is -0.163. The summed E-state index contributed by atoms with van der Waals surface area (Å²) in [6.45, 7) is 4.39. The molecule has 0 bridgehead atoms. The third-order valence-electron chi connectivity index (χ3n) is 5.13. The summed E-state index contributed by atoms with van der Waals surface area (Å²) in [5.41, 5.74) is 0.461. The fourth-order valence-corrected chi connectivity index (χ4v) is 4.24. The number of ether oxygens (including phenoxy) is 2. The second kappa shape index (κ2) is 10.8. The number of aliphatic imine (C=N–C) groups is 1. The highest BCUT2D eigenvalue weighted by Crippen LogP contribution is 2.39. The maximum atomic E-state index is 13.2. The number of hydrogen-bond donors (Lipinski definition) is 1. The Kier molecular flexibility index (Phi) is 8.12. The lowest BCUT2D eigenvalue weighted by Crippen LogP contribution is -2.66. The van der Waals surface area contributed by atoms with Crippen LogP contribution in [0.25, 0.3) is 5.57 Å². The molecule has 1 aliphatic heterocycles. The summed E-state index contributed by atoms with van der Waals surface area (Å²) in [7, 11) is 0. The van der Waals surface area contributed by atoms with Crippen molar-refractivity contribution in [2.45, 2.75) is 32.7 Å². The first-order valence-corrected chi connectivity index (χ1v) is 11.5. The largest absolute Gasteiger partial charge is 0.463 e. The number of carbonyl (C=O) groups is 3. The van der Waals surface area contributed by atoms with Crippen LogP contribution in [0.1, 0.15) is 38.3 Å². The molecule has 3 rings (SSSR count). The molecule has 1 amide bonds. The standard InChI is InChI=1S/C25H24Cl2N2O5/c1-4-33-23(31)25(29-15(3)30,24(32)34-5-2)22-13-12-17(18-11-10-16(26)14-20(18)27)19-8-6-7-9-21(19)28-22/h6-12,14H,4-5,13H2,1-3H3,(H,29,30). The smallest absolute Gasteiger partial charge is 0.349 e. The van der Waals surface area contributed by atoms with Crippen LogP contribution in [0.2, 0.25) is 10.0 Å². The van der Waals surface area contributed by atoms with Crippen molar-refractivity contribution in [1.82, 2.24) is 5.32 Å². The number of rotatable bonds is 7. The molecule has 0 aromatic heterocycles. The first kappa shape index (κ1) is 25.5. The molecule has 0 saturated carbocycles. The first-order valence-electron chi connectivity index (χ1n) is 10.7. The summed E-state index contributed by atoms with van der Waals surface area (Å²) in [5, 5.41) is 3.39. The lowest BCUT2D eigenvalue weighted by atomic mass is 9.89. The van der Waals surface area contributed by atoms with E-state index in [-0.39, 0.29) is 25.3 Å². The summed E-state index contributed by atoms with van der Waals surface area (Å²) >= 11 is 12.6. The van der Waals surface area contributed by atoms with Crippen LogP contribution in [0, 0.1) is 0 Å². The average molecular weight is 503 g/mol. The zero-order valence-electron chi connectivity index (χ0n) is 19.0. The Hall–Kier alpha value is -3.16. The Bertz CT molecular complexity index is 1170. The number of halogens is 2. The van der Waals surface area contributed by atoms with E-state index >= 15 is 0 Å². The highest BCUT2D eigenvalue weighted by molar-refractivity contribution is 6.36. The predicted molar refractivity (Wildman–Crippen MR) is 132 cm³/mol. The molecule has 0 unspecified atom stereocenters. The molecule has 1 heterocycles. The van der Waals surface area contributed by atoms with E-state index in [1.54, 1.807) is 50.3 Å². The molecule has 0 radical (unpaired) electrons. The van der Waals surface area contributed by atoms with E-state index in [0.29, 0.717) is 21.3 Å². The number of benzene rings is 2. The Morgan fingerprint density at radius 2 is 1.65 bits per heavy atom. The molecule has 178 valence electrons. The third-order valence-corrected chi connectivity index (χ3v) is 5.68. The van der Waals surface area contributed by atoms with Gasteiger partial charge in [0.2, 0.25) is 5.91 Å². The van der Waals surface area contributed by atoms with Crippen LogP contribution in [0.4, 0.5) is 5.69 Å². The molecule has 1 aliphatic rings. The molecule has 0 fully saturated rings. The van der Waals surface area contributed by atoms with E-state index in [1.807, 2.05) is 12.1 Å². The minimum atomic E-state index is -2.25. The number of nitrogens with one attached hydrogen (secondary N) is 1. The number of hydrogen-bond acceptors (Lipinski definition) is 6. The van der Waals surface area contributed by atoms with Gasteiger partial charge in [-0.2, -0.15) is 0 Å². The van der Waals surface area contributed by atoms with Crippen molar-refractivity contribution >= 4 is 58.0 Å². The van der Waals surface area contributed by atoms with Gasteiger partial charge in [-0.15, -0.1) is 0 Å². The van der Waals surface area contributed by atoms with E-state index in [2.05, 4.69) is 10.3 Å². The second-order valence-corrected chi connectivity index (χ2v) is 8.24. The molecule has 2 aromatic carbocycles. The molecular formula is C25H24Cl2N2O5. The van der Waals surface area contributed by atoms with Gasteiger partial charge in [0.1, 0.15) is 0 Å². The number of para-hydroxylation sites is 1. The number of amides is 1. The van der Waals surface area contributed by atoms with E-state index < -0.39 is 23.4 Å². The molecular weight excluding hydrogens is 479 g/mol. The predicted octanol–water partition coefficient (Wildman–Crippen LogP) is 4.90. The van der Waals surface area contributed by atoms with Gasteiger partial charge in [-0.1, -0.05) is 53.5 Å². The minimum Gasteiger partial charge on any atom is -0.463 e. The van der Waals surface area contributed by atoms with Gasteiger partial charge in [0, 0.05) is 34.5 Å². The molecule has 0 aliphatic carbocycles. The highest BCUT2D eigenvalue weighted by atomic mass is 35.5. The van der Waals surface area contributed by atoms with Gasteiger partial charge in [-0.3, -0.25) is 9.79 Å². The average Bonchev–Trinajstić information content (AvgIpc) is 2.97. The SMILES string of the molecule is CCOC(=O)C(NC(C)=O)(C(=O)OCC)C1=Nc2ccccc2C(c2ccc(Cl)cc2Cl)=CC1. The summed E-state index contributed by atoms with van der Waals surface area (Å²) in [5.74, 6) is -2.56. The molecule has 34 heavy (non-hydrogen) atoms. The van der Waals surface area contributed by atoms with Crippen LogP contribution in [0.5, 0.6) is 0 Å². The fourth-order valence-electron chi connectivity index (χ4n) is 3.73. The Balaban J connectivity index is 2.27. The molecule has 0 spiro atoms. The maximum absolute atomic E-state index is 13.2. The number of carbonyl (C=O) groups excluding carboxylic acids is 3. The van der Waals surface area contributed by atoms with Crippen LogP contribution in [-0.2, 0) is 23.9 Å². The van der Waals surface area contributed by atoms with Crippen molar-refractivity contribution in [2.24, 2.45) is 4.99 Å². The van der Waals surface area contributed by atoms with Gasteiger partial charge < -0.3 is 14.8 Å². The monoisotopic (exact) mass is 502 g/mol. The van der Waals surface area contributed by atoms with E-state index in [9.17, 15) is 14.4 Å². The number of esters is 2. The van der Waals surface area contributed by atoms with Gasteiger partial charge in [0.25, 0.3) is 5.54 Å². The minimum absolute atomic E-state index is 0.00902. The van der Waals surface area contributed by atoms with Crippen molar-refractivity contribution in [3.8, 4) is 0 Å². The Labute approximate surface area is 207 Å². The molecule has 7 nitrogen and oxygen atoms in total. The topological polar surface area (TPSA) is 94.1 Å². The van der Waals surface area contributed by atoms with Gasteiger partial charge in [0.15, 0.2) is 0 Å². The molecule has 9 heteroatoms. The van der Waals surface area contributed by atoms with Crippen LogP contribution in [-0.4, -0.2) is 42.3 Å². The normalized spacial score (nSPS) is 13.1. The van der Waals surface area contributed by atoms with Crippen molar-refractivity contribution in [3.63, 3.8) is 0 Å². The van der Waals surface area contributed by atoms with E-state index in [4.69, 9.17) is 32.7 Å². The zero-order chi connectivity index (χ0) is 24.9. The Morgan fingerprint density at radius 1 is 1.00 bits per heavy atom. The van der Waals surface area contributed by atoms with E-state index in [0.717, 1.165) is 11.1 Å². The molecule has 0 saturated heterocycles. The molecule has 1 N–H and O–H groups in total. The molecule has 2 aromatic rings. The van der Waals surface area contributed by atoms with Gasteiger partial charge in [-0.05, 0) is 37.6 Å². The van der Waals surface area contributed by atoms with Crippen LogP contribution in [0.3, 0.4) is 0 Å². The summed E-state index contributed by atoms with van der Waals surface area (Å²) < 4.78 is 10.4. The second-order valence-electron chi connectivity index (χ2n) is 7.39. The zero-order valence-corrected chi connectivity index (χ0v) is 20.5. The number of allylic oxidation sites excluding steroid dienone is 1. The quantitative estimate of drug-likeness (QED) is 0.429. The highest BCUT2D eigenvalue weighted by Gasteiger charge is 2.54. The van der Waals surface area contributed by atoms with Crippen molar-refractivity contribution < 1.29 is 23.9 Å². The van der Waals surface area contributed by atoms with Crippen molar-refractivity contribution in [1.29, 1.82) is 0 Å².